The van der Waals surface area contributed by atoms with Crippen LogP contribution in [0.3, 0.4) is 0 Å². The topological polar surface area (TPSA) is 32.3 Å². The average Bonchev–Trinajstić information content (AvgIpc) is 2.12. The molecule has 0 heterocycles. The van der Waals surface area contributed by atoms with Gasteiger partial charge in [0, 0.05) is 12.1 Å². The van der Waals surface area contributed by atoms with Gasteiger partial charge >= 0.3 is 0 Å². The second-order valence-corrected chi connectivity index (χ2v) is 5.07. The minimum absolute atomic E-state index is 0.216. The van der Waals surface area contributed by atoms with Gasteiger partial charge in [-0.3, -0.25) is 0 Å². The summed E-state index contributed by atoms with van der Waals surface area (Å²) in [5.74, 6) is 1.56. The van der Waals surface area contributed by atoms with E-state index in [1.165, 1.54) is 19.3 Å². The molecule has 2 N–H and O–H groups in total. The van der Waals surface area contributed by atoms with Gasteiger partial charge in [-0.2, -0.15) is 0 Å². The van der Waals surface area contributed by atoms with Gasteiger partial charge in [0.15, 0.2) is 0 Å². The molecule has 0 radical (unpaired) electrons. The number of rotatable bonds is 3. The zero-order valence-electron chi connectivity index (χ0n) is 9.96. The van der Waals surface area contributed by atoms with Gasteiger partial charge in [-0.1, -0.05) is 26.7 Å². The Morgan fingerprint density at radius 2 is 1.86 bits per heavy atom. The summed E-state index contributed by atoms with van der Waals surface area (Å²) in [6.07, 6.45) is 3.71. The third kappa shape index (κ3) is 2.96. The Labute approximate surface area is 88.1 Å². The van der Waals surface area contributed by atoms with Crippen LogP contribution in [-0.2, 0) is 0 Å². The van der Waals surface area contributed by atoms with Crippen LogP contribution in [0.2, 0.25) is 0 Å². The molecule has 1 rings (SSSR count). The first-order valence-electron chi connectivity index (χ1n) is 5.96. The molecule has 0 saturated heterocycles. The van der Waals surface area contributed by atoms with E-state index in [9.17, 15) is 5.11 Å². The van der Waals surface area contributed by atoms with E-state index in [1.807, 2.05) is 6.92 Å². The first-order valence-corrected chi connectivity index (χ1v) is 5.96. The second-order valence-electron chi connectivity index (χ2n) is 5.07. The predicted molar refractivity (Wildman–Crippen MR) is 60.2 cm³/mol. The molecule has 0 amide bonds. The van der Waals surface area contributed by atoms with Crippen LogP contribution in [0.1, 0.15) is 47.0 Å². The molecule has 0 aliphatic heterocycles. The number of hydrogen-bond donors (Lipinski definition) is 2. The molecule has 0 aromatic carbocycles. The van der Waals surface area contributed by atoms with Crippen molar-refractivity contribution < 1.29 is 5.11 Å². The van der Waals surface area contributed by atoms with E-state index in [-0.39, 0.29) is 12.1 Å². The maximum atomic E-state index is 9.44. The summed E-state index contributed by atoms with van der Waals surface area (Å²) in [7, 11) is 0. The van der Waals surface area contributed by atoms with Crippen molar-refractivity contribution in [2.45, 2.75) is 65.1 Å². The van der Waals surface area contributed by atoms with Gasteiger partial charge in [-0.25, -0.2) is 0 Å². The number of hydrogen-bond acceptors (Lipinski definition) is 2. The van der Waals surface area contributed by atoms with Crippen molar-refractivity contribution in [3.63, 3.8) is 0 Å². The highest BCUT2D eigenvalue weighted by molar-refractivity contribution is 4.84. The molecular weight excluding hydrogens is 174 g/mol. The fourth-order valence-electron chi connectivity index (χ4n) is 2.29. The molecule has 14 heavy (non-hydrogen) atoms. The van der Waals surface area contributed by atoms with Gasteiger partial charge in [0.25, 0.3) is 0 Å². The van der Waals surface area contributed by atoms with Crippen LogP contribution in [-0.4, -0.2) is 23.3 Å². The van der Waals surface area contributed by atoms with E-state index < -0.39 is 0 Å². The second kappa shape index (κ2) is 5.13. The Hall–Kier alpha value is -0.0800. The van der Waals surface area contributed by atoms with Gasteiger partial charge in [-0.05, 0) is 32.1 Å². The van der Waals surface area contributed by atoms with Crippen molar-refractivity contribution in [3.05, 3.63) is 0 Å². The van der Waals surface area contributed by atoms with Crippen molar-refractivity contribution >= 4 is 0 Å². The molecule has 2 heteroatoms. The van der Waals surface area contributed by atoms with E-state index in [0.717, 1.165) is 11.8 Å². The van der Waals surface area contributed by atoms with Crippen LogP contribution in [0, 0.1) is 11.8 Å². The van der Waals surface area contributed by atoms with Gasteiger partial charge < -0.3 is 10.4 Å². The first kappa shape index (κ1) is 12.0. The molecule has 1 saturated carbocycles. The summed E-state index contributed by atoms with van der Waals surface area (Å²) in [6.45, 7) is 8.59. The zero-order chi connectivity index (χ0) is 10.7. The molecule has 1 fully saturated rings. The van der Waals surface area contributed by atoms with Gasteiger partial charge in [0.05, 0.1) is 6.10 Å². The third-order valence-corrected chi connectivity index (χ3v) is 3.91. The van der Waals surface area contributed by atoms with Gasteiger partial charge in [0.2, 0.25) is 0 Å². The van der Waals surface area contributed by atoms with E-state index >= 15 is 0 Å². The summed E-state index contributed by atoms with van der Waals surface area (Å²) >= 11 is 0. The van der Waals surface area contributed by atoms with E-state index in [2.05, 4.69) is 26.1 Å². The number of aliphatic hydroxyl groups excluding tert-OH is 1. The van der Waals surface area contributed by atoms with E-state index in [1.54, 1.807) is 0 Å². The highest BCUT2D eigenvalue weighted by Crippen LogP contribution is 2.29. The quantitative estimate of drug-likeness (QED) is 0.730. The highest BCUT2D eigenvalue weighted by Gasteiger charge is 2.28. The molecule has 0 spiro atoms. The zero-order valence-corrected chi connectivity index (χ0v) is 9.96. The molecule has 0 bridgehead atoms. The lowest BCUT2D eigenvalue weighted by atomic mass is 9.78. The SMILES string of the molecule is CC(O)C(C)NC1CCCC(C)C1C. The van der Waals surface area contributed by atoms with E-state index in [4.69, 9.17) is 0 Å². The van der Waals surface area contributed by atoms with E-state index in [0.29, 0.717) is 6.04 Å². The summed E-state index contributed by atoms with van der Waals surface area (Å²) in [6, 6.07) is 0.816. The maximum Gasteiger partial charge on any atom is 0.0662 e. The Balaban J connectivity index is 2.43. The molecule has 5 unspecified atom stereocenters. The first-order chi connectivity index (χ1) is 6.52. The van der Waals surface area contributed by atoms with Crippen molar-refractivity contribution in [3.8, 4) is 0 Å². The largest absolute Gasteiger partial charge is 0.392 e. The summed E-state index contributed by atoms with van der Waals surface area (Å²) in [4.78, 5) is 0. The number of aliphatic hydroxyl groups is 1. The van der Waals surface area contributed by atoms with Crippen molar-refractivity contribution in [2.75, 3.05) is 0 Å². The standard InChI is InChI=1S/C12H25NO/c1-8-6-5-7-12(9(8)2)13-10(3)11(4)14/h8-14H,5-7H2,1-4H3. The van der Waals surface area contributed by atoms with Crippen LogP contribution >= 0.6 is 0 Å². The normalized spacial score (nSPS) is 37.9. The van der Waals surface area contributed by atoms with Crippen LogP contribution < -0.4 is 5.32 Å². The Morgan fingerprint density at radius 1 is 1.21 bits per heavy atom. The van der Waals surface area contributed by atoms with Crippen LogP contribution in [0.15, 0.2) is 0 Å². The Kier molecular flexibility index (Phi) is 4.39. The third-order valence-electron chi connectivity index (χ3n) is 3.91. The summed E-state index contributed by atoms with van der Waals surface area (Å²) in [5, 5.41) is 13.0. The Bertz CT molecular complexity index is 170. The highest BCUT2D eigenvalue weighted by atomic mass is 16.3. The Morgan fingerprint density at radius 3 is 2.43 bits per heavy atom. The molecule has 2 nitrogen and oxygen atoms in total. The van der Waals surface area contributed by atoms with Crippen LogP contribution in [0.4, 0.5) is 0 Å². The smallest absolute Gasteiger partial charge is 0.0662 e. The average molecular weight is 199 g/mol. The fraction of sp³-hybridized carbons (Fsp3) is 1.00. The molecule has 1 aliphatic carbocycles. The van der Waals surface area contributed by atoms with Crippen molar-refractivity contribution in [1.29, 1.82) is 0 Å². The lowest BCUT2D eigenvalue weighted by Gasteiger charge is -2.37. The van der Waals surface area contributed by atoms with Crippen molar-refractivity contribution in [2.24, 2.45) is 11.8 Å². The lowest BCUT2D eigenvalue weighted by molar-refractivity contribution is 0.120. The van der Waals surface area contributed by atoms with Crippen LogP contribution in [0.5, 0.6) is 0 Å². The molecular formula is C12H25NO. The monoisotopic (exact) mass is 199 g/mol. The summed E-state index contributed by atoms with van der Waals surface area (Å²) < 4.78 is 0. The lowest BCUT2D eigenvalue weighted by Crippen LogP contribution is -2.48. The van der Waals surface area contributed by atoms with Crippen LogP contribution in [0.25, 0.3) is 0 Å². The van der Waals surface area contributed by atoms with Crippen molar-refractivity contribution in [1.82, 2.24) is 5.32 Å². The predicted octanol–water partition coefficient (Wildman–Crippen LogP) is 2.17. The molecule has 5 atom stereocenters. The maximum absolute atomic E-state index is 9.44. The number of nitrogens with one attached hydrogen (secondary N) is 1. The summed E-state index contributed by atoms with van der Waals surface area (Å²) in [5.41, 5.74) is 0. The van der Waals surface area contributed by atoms with Gasteiger partial charge in [-0.15, -0.1) is 0 Å². The minimum atomic E-state index is -0.251. The molecule has 1 aliphatic rings. The van der Waals surface area contributed by atoms with Gasteiger partial charge in [0.1, 0.15) is 0 Å². The molecule has 0 aromatic rings. The fourth-order valence-corrected chi connectivity index (χ4v) is 2.29. The molecule has 0 aromatic heterocycles. The minimum Gasteiger partial charge on any atom is -0.392 e. The molecule has 84 valence electrons.